The predicted molar refractivity (Wildman–Crippen MR) is 146 cm³/mol. The second-order valence-corrected chi connectivity index (χ2v) is 11.8. The number of aldehydes is 1. The number of anilines is 1. The average Bonchev–Trinajstić information content (AvgIpc) is 2.88. The molecule has 38 heavy (non-hydrogen) atoms. The van der Waals surface area contributed by atoms with Gasteiger partial charge >= 0.3 is 6.09 Å². The average molecular weight is 550 g/mol. The third kappa shape index (κ3) is 7.64. The standard InChI is InChI=1S/C24H33N5O6S.C2H6/c1-24(2,3)35-23(32)28-14-12-27(13-15-28)21-22(31)29(17-18(25-21)7-6-16-30)19-8-10-20(11-9-19)36(33,34)26(4)5;1-2/h8-11,16-17H,6-7,12-15H2,1-5H3;1-2H3. The van der Waals surface area contributed by atoms with E-state index in [2.05, 4.69) is 4.98 Å². The van der Waals surface area contributed by atoms with Crippen LogP contribution in [0.5, 0.6) is 0 Å². The van der Waals surface area contributed by atoms with Gasteiger partial charge < -0.3 is 19.3 Å². The minimum Gasteiger partial charge on any atom is -0.444 e. The van der Waals surface area contributed by atoms with Crippen LogP contribution in [0.15, 0.2) is 40.2 Å². The predicted octanol–water partition coefficient (Wildman–Crippen LogP) is 2.70. The molecule has 11 nitrogen and oxygen atoms in total. The van der Waals surface area contributed by atoms with Gasteiger partial charge in [0, 0.05) is 58.6 Å². The fourth-order valence-electron chi connectivity index (χ4n) is 3.67. The minimum atomic E-state index is -3.61. The molecule has 210 valence electrons. The van der Waals surface area contributed by atoms with Crippen LogP contribution >= 0.6 is 0 Å². The summed E-state index contributed by atoms with van der Waals surface area (Å²) in [7, 11) is -0.713. The number of ether oxygens (including phenoxy) is 1. The molecule has 1 fully saturated rings. The Morgan fingerprint density at radius 1 is 1.08 bits per heavy atom. The molecule has 0 N–H and O–H groups in total. The molecule has 1 aromatic heterocycles. The lowest BCUT2D eigenvalue weighted by Crippen LogP contribution is -2.51. The van der Waals surface area contributed by atoms with Crippen LogP contribution in [0.4, 0.5) is 10.6 Å². The van der Waals surface area contributed by atoms with E-state index < -0.39 is 21.7 Å². The van der Waals surface area contributed by atoms with Crippen molar-refractivity contribution in [3.63, 3.8) is 0 Å². The zero-order valence-electron chi connectivity index (χ0n) is 23.3. The first kappa shape index (κ1) is 31.0. The van der Waals surface area contributed by atoms with Crippen LogP contribution in [0.1, 0.15) is 46.7 Å². The van der Waals surface area contributed by atoms with Crippen LogP contribution in [0.2, 0.25) is 0 Å². The molecule has 0 saturated carbocycles. The quantitative estimate of drug-likeness (QED) is 0.483. The molecule has 12 heteroatoms. The Morgan fingerprint density at radius 2 is 1.66 bits per heavy atom. The lowest BCUT2D eigenvalue weighted by atomic mass is 10.2. The number of benzene rings is 1. The number of amides is 1. The van der Waals surface area contributed by atoms with Crippen molar-refractivity contribution in [2.75, 3.05) is 45.2 Å². The van der Waals surface area contributed by atoms with Crippen molar-refractivity contribution in [3.8, 4) is 5.69 Å². The molecule has 1 aliphatic heterocycles. The number of carbonyl (C=O) groups is 2. The number of hydrogen-bond donors (Lipinski definition) is 0. The van der Waals surface area contributed by atoms with E-state index in [4.69, 9.17) is 4.74 Å². The van der Waals surface area contributed by atoms with Crippen molar-refractivity contribution in [1.82, 2.24) is 18.8 Å². The Bertz CT molecular complexity index is 1260. The molecular formula is C26H39N5O6S. The summed E-state index contributed by atoms with van der Waals surface area (Å²) >= 11 is 0. The Kier molecular flexibility index (Phi) is 10.6. The number of rotatable bonds is 7. The maximum absolute atomic E-state index is 13.4. The number of nitrogens with zero attached hydrogens (tertiary/aromatic N) is 5. The Labute approximate surface area is 225 Å². The van der Waals surface area contributed by atoms with Gasteiger partial charge in [0.25, 0.3) is 5.56 Å². The summed E-state index contributed by atoms with van der Waals surface area (Å²) in [6.45, 7) is 10.9. The van der Waals surface area contributed by atoms with Crippen molar-refractivity contribution in [2.45, 2.75) is 58.0 Å². The largest absolute Gasteiger partial charge is 0.444 e. The molecule has 0 unspecified atom stereocenters. The molecule has 1 saturated heterocycles. The lowest BCUT2D eigenvalue weighted by Gasteiger charge is -2.36. The van der Waals surface area contributed by atoms with E-state index in [0.717, 1.165) is 10.6 Å². The topological polar surface area (TPSA) is 122 Å². The van der Waals surface area contributed by atoms with Crippen molar-refractivity contribution in [2.24, 2.45) is 0 Å². The van der Waals surface area contributed by atoms with Gasteiger partial charge in [0.15, 0.2) is 5.82 Å². The van der Waals surface area contributed by atoms with Crippen LogP contribution in [-0.4, -0.2) is 85.4 Å². The lowest BCUT2D eigenvalue weighted by molar-refractivity contribution is -0.107. The second kappa shape index (κ2) is 13.0. The number of carbonyl (C=O) groups excluding carboxylic acids is 2. The van der Waals surface area contributed by atoms with Gasteiger partial charge in [-0.05, 0) is 51.5 Å². The van der Waals surface area contributed by atoms with Crippen LogP contribution < -0.4 is 10.5 Å². The SMILES string of the molecule is CC.CN(C)S(=O)(=O)c1ccc(-n2cc(CCC=O)nc(N3CCN(C(=O)OC(C)(C)C)CC3)c2=O)cc1. The molecule has 1 aromatic carbocycles. The summed E-state index contributed by atoms with van der Waals surface area (Å²) in [6.07, 6.45) is 2.55. The number of aromatic nitrogens is 2. The van der Waals surface area contributed by atoms with Crippen molar-refractivity contribution >= 4 is 28.2 Å². The Hall–Kier alpha value is -3.25. The van der Waals surface area contributed by atoms with Crippen molar-refractivity contribution in [3.05, 3.63) is 46.5 Å². The highest BCUT2D eigenvalue weighted by Gasteiger charge is 2.28. The zero-order chi connectivity index (χ0) is 28.7. The molecular weight excluding hydrogens is 510 g/mol. The van der Waals surface area contributed by atoms with Crippen LogP contribution in [0.25, 0.3) is 5.69 Å². The van der Waals surface area contributed by atoms with Gasteiger partial charge in [-0.25, -0.2) is 22.5 Å². The highest BCUT2D eigenvalue weighted by Crippen LogP contribution is 2.19. The van der Waals surface area contributed by atoms with Crippen LogP contribution in [-0.2, 0) is 26.0 Å². The third-order valence-corrected chi connectivity index (χ3v) is 7.41. The minimum absolute atomic E-state index is 0.109. The molecule has 0 aliphatic carbocycles. The summed E-state index contributed by atoms with van der Waals surface area (Å²) in [6, 6.07) is 6.01. The number of aryl methyl sites for hydroxylation is 1. The van der Waals surface area contributed by atoms with Crippen LogP contribution in [0.3, 0.4) is 0 Å². The molecule has 0 radical (unpaired) electrons. The highest BCUT2D eigenvalue weighted by atomic mass is 32.2. The fourth-order valence-corrected chi connectivity index (χ4v) is 4.57. The molecule has 1 amide bonds. The smallest absolute Gasteiger partial charge is 0.410 e. The van der Waals surface area contributed by atoms with E-state index in [1.165, 1.54) is 30.8 Å². The summed E-state index contributed by atoms with van der Waals surface area (Å²) in [5.74, 6) is 0.215. The van der Waals surface area contributed by atoms with E-state index in [0.29, 0.717) is 44.0 Å². The van der Waals surface area contributed by atoms with Crippen molar-refractivity contribution < 1.29 is 22.7 Å². The monoisotopic (exact) mass is 549 g/mol. The van der Waals surface area contributed by atoms with Crippen molar-refractivity contribution in [1.29, 1.82) is 0 Å². The van der Waals surface area contributed by atoms with E-state index >= 15 is 0 Å². The van der Waals surface area contributed by atoms with E-state index in [9.17, 15) is 22.8 Å². The third-order valence-electron chi connectivity index (χ3n) is 5.58. The second-order valence-electron chi connectivity index (χ2n) is 9.67. The number of sulfonamides is 1. The maximum atomic E-state index is 13.4. The zero-order valence-corrected chi connectivity index (χ0v) is 24.1. The van der Waals surface area contributed by atoms with E-state index in [1.807, 2.05) is 18.7 Å². The molecule has 3 rings (SSSR count). The van der Waals surface area contributed by atoms with Gasteiger partial charge in [-0.3, -0.25) is 9.36 Å². The first-order valence-corrected chi connectivity index (χ1v) is 14.1. The van der Waals surface area contributed by atoms with E-state index in [1.54, 1.807) is 44.0 Å². The van der Waals surface area contributed by atoms with Gasteiger partial charge in [0.05, 0.1) is 10.6 Å². The van der Waals surface area contributed by atoms with Gasteiger partial charge in [-0.2, -0.15) is 0 Å². The van der Waals surface area contributed by atoms with Gasteiger partial charge in [-0.15, -0.1) is 0 Å². The Balaban J connectivity index is 0.00000247. The summed E-state index contributed by atoms with van der Waals surface area (Å²) < 4.78 is 32.8. The summed E-state index contributed by atoms with van der Waals surface area (Å²) in [5, 5.41) is 0. The first-order chi connectivity index (χ1) is 17.8. The molecule has 1 aliphatic rings. The molecule has 0 spiro atoms. The normalized spacial score (nSPS) is 14.1. The molecule has 0 atom stereocenters. The maximum Gasteiger partial charge on any atom is 0.410 e. The van der Waals surface area contributed by atoms with Gasteiger partial charge in [0.1, 0.15) is 11.9 Å². The van der Waals surface area contributed by atoms with E-state index in [-0.39, 0.29) is 22.7 Å². The molecule has 2 heterocycles. The number of piperazine rings is 1. The fraction of sp³-hybridized carbons (Fsp3) is 0.538. The first-order valence-electron chi connectivity index (χ1n) is 12.7. The van der Waals surface area contributed by atoms with Crippen LogP contribution in [0, 0.1) is 0 Å². The molecule has 2 aromatic rings. The Morgan fingerprint density at radius 3 is 2.16 bits per heavy atom. The highest BCUT2D eigenvalue weighted by molar-refractivity contribution is 7.89. The molecule has 0 bridgehead atoms. The van der Waals surface area contributed by atoms with Gasteiger partial charge in [-0.1, -0.05) is 13.8 Å². The number of hydrogen-bond acceptors (Lipinski definition) is 8. The summed E-state index contributed by atoms with van der Waals surface area (Å²) in [4.78, 5) is 44.8. The van der Waals surface area contributed by atoms with Gasteiger partial charge in [0.2, 0.25) is 10.0 Å². The summed E-state index contributed by atoms with van der Waals surface area (Å²) in [5.41, 5.74) is 0.0498.